The molecule has 0 radical (unpaired) electrons. The van der Waals surface area contributed by atoms with Gasteiger partial charge in [-0.05, 0) is 19.3 Å². The van der Waals surface area contributed by atoms with Crippen LogP contribution in [0.5, 0.6) is 0 Å². The first-order chi connectivity index (χ1) is 12.5. The Morgan fingerprint density at radius 3 is 1.70 bits per heavy atom. The molecule has 0 amide bonds. The van der Waals surface area contributed by atoms with Crippen molar-refractivity contribution in [1.29, 1.82) is 5.26 Å². The summed E-state index contributed by atoms with van der Waals surface area (Å²) >= 11 is 0. The summed E-state index contributed by atoms with van der Waals surface area (Å²) in [6, 6.07) is 1.84. The van der Waals surface area contributed by atoms with Crippen molar-refractivity contribution in [3.8, 4) is 6.07 Å². The Morgan fingerprint density at radius 2 is 1.30 bits per heavy atom. The van der Waals surface area contributed by atoms with E-state index in [0.29, 0.717) is 19.3 Å². The van der Waals surface area contributed by atoms with Gasteiger partial charge in [0.2, 0.25) is 5.78 Å². The molecule has 6 nitrogen and oxygen atoms in total. The second kappa shape index (κ2) is 11.4. The predicted octanol–water partition coefficient (Wildman–Crippen LogP) is 3.88. The summed E-state index contributed by atoms with van der Waals surface area (Å²) in [5, 5.41) is 8.60. The van der Waals surface area contributed by atoms with E-state index in [1.807, 2.05) is 6.07 Å². The van der Waals surface area contributed by atoms with Gasteiger partial charge in [0.25, 0.3) is 6.54 Å². The topological polar surface area (TPSA) is 96.4 Å². The molecule has 0 aromatic rings. The minimum Gasteiger partial charge on any atom is -0.309 e. The lowest BCUT2D eigenvalue weighted by Gasteiger charge is -2.21. The fourth-order valence-corrected chi connectivity index (χ4v) is 2.51. The van der Waals surface area contributed by atoms with Gasteiger partial charge in [0.15, 0.2) is 5.78 Å². The highest BCUT2D eigenvalue weighted by molar-refractivity contribution is 5.88. The third-order valence-electron chi connectivity index (χ3n) is 4.94. The second-order valence-electron chi connectivity index (χ2n) is 8.20. The third kappa shape index (κ3) is 9.80. The summed E-state index contributed by atoms with van der Waals surface area (Å²) in [5.41, 5.74) is -1.37. The first kappa shape index (κ1) is 24.7. The van der Waals surface area contributed by atoms with Gasteiger partial charge in [-0.2, -0.15) is 5.26 Å². The molecule has 6 heteroatoms. The van der Waals surface area contributed by atoms with Crippen LogP contribution in [0.3, 0.4) is 0 Å². The van der Waals surface area contributed by atoms with Crippen molar-refractivity contribution < 1.29 is 19.2 Å². The van der Waals surface area contributed by atoms with Crippen LogP contribution < -0.4 is 0 Å². The van der Waals surface area contributed by atoms with Crippen molar-refractivity contribution in [2.45, 2.75) is 79.1 Å². The molecule has 0 saturated heterocycles. The average molecular weight is 374 g/mol. The second-order valence-corrected chi connectivity index (χ2v) is 8.20. The molecule has 0 aromatic heterocycles. The molecular formula is C21H30N2O4. The molecule has 0 aliphatic carbocycles. The molecule has 0 saturated carbocycles. The lowest BCUT2D eigenvalue weighted by atomic mass is 9.81. The molecule has 0 fully saturated rings. The normalized spacial score (nSPS) is 11.3. The monoisotopic (exact) mass is 374 g/mol. The highest BCUT2D eigenvalue weighted by Crippen LogP contribution is 2.26. The van der Waals surface area contributed by atoms with E-state index in [9.17, 15) is 19.2 Å². The van der Waals surface area contributed by atoms with Crippen LogP contribution in [0, 0.1) is 28.7 Å². The summed E-state index contributed by atoms with van der Waals surface area (Å²) in [6.07, 6.45) is 2.22. The van der Waals surface area contributed by atoms with Crippen LogP contribution in [-0.2, 0) is 19.2 Å². The minimum absolute atomic E-state index is 0.00759. The summed E-state index contributed by atoms with van der Waals surface area (Å²) in [4.78, 5) is 50.7. The van der Waals surface area contributed by atoms with E-state index in [-0.39, 0.29) is 61.8 Å². The number of nitriles is 1. The molecule has 0 unspecified atom stereocenters. The molecule has 0 aliphatic heterocycles. The molecule has 0 heterocycles. The zero-order valence-electron chi connectivity index (χ0n) is 16.9. The Labute approximate surface area is 162 Å². The zero-order chi connectivity index (χ0) is 21.1. The van der Waals surface area contributed by atoms with Gasteiger partial charge in [0.05, 0.1) is 12.5 Å². The highest BCUT2D eigenvalue weighted by Gasteiger charge is 2.30. The van der Waals surface area contributed by atoms with Gasteiger partial charge in [-0.25, -0.2) is 6.57 Å². The van der Waals surface area contributed by atoms with E-state index in [2.05, 4.69) is 4.85 Å². The Kier molecular flexibility index (Phi) is 10.4. The van der Waals surface area contributed by atoms with Crippen molar-refractivity contribution >= 4 is 23.1 Å². The SMILES string of the molecule is [C-]#[N+]CC(=O)C(C)(C)CCC(=O)CCCC(=O)CCC(C)(C)C(=O)CC#N. The molecule has 148 valence electrons. The number of ketones is 4. The lowest BCUT2D eigenvalue weighted by molar-refractivity contribution is -0.127. The third-order valence-corrected chi connectivity index (χ3v) is 4.94. The van der Waals surface area contributed by atoms with E-state index in [0.717, 1.165) is 0 Å². The molecule has 0 atom stereocenters. The Hall–Kier alpha value is -2.34. The van der Waals surface area contributed by atoms with Crippen LogP contribution in [0.1, 0.15) is 79.1 Å². The molecule has 0 rings (SSSR count). The van der Waals surface area contributed by atoms with E-state index >= 15 is 0 Å². The van der Waals surface area contributed by atoms with Crippen LogP contribution in [0.25, 0.3) is 4.85 Å². The van der Waals surface area contributed by atoms with Crippen LogP contribution in [0.15, 0.2) is 0 Å². The van der Waals surface area contributed by atoms with Crippen LogP contribution in [0.4, 0.5) is 0 Å². The number of rotatable bonds is 14. The van der Waals surface area contributed by atoms with E-state index in [4.69, 9.17) is 11.8 Å². The summed E-state index contributed by atoms with van der Waals surface area (Å²) in [6.45, 7) is 13.5. The van der Waals surface area contributed by atoms with Crippen molar-refractivity contribution in [2.24, 2.45) is 10.8 Å². The van der Waals surface area contributed by atoms with E-state index in [1.165, 1.54) is 0 Å². The smallest absolute Gasteiger partial charge is 0.272 e. The number of carbonyl (C=O) groups excluding carboxylic acids is 4. The quantitative estimate of drug-likeness (QED) is 0.430. The number of carbonyl (C=O) groups is 4. The van der Waals surface area contributed by atoms with Gasteiger partial charge in [-0.15, -0.1) is 0 Å². The molecule has 0 bridgehead atoms. The van der Waals surface area contributed by atoms with Crippen molar-refractivity contribution in [3.05, 3.63) is 11.4 Å². The van der Waals surface area contributed by atoms with Crippen molar-refractivity contribution in [3.63, 3.8) is 0 Å². The largest absolute Gasteiger partial charge is 0.309 e. The van der Waals surface area contributed by atoms with Crippen molar-refractivity contribution in [1.82, 2.24) is 0 Å². The Morgan fingerprint density at radius 1 is 0.852 bits per heavy atom. The van der Waals surface area contributed by atoms with E-state index in [1.54, 1.807) is 27.7 Å². The maximum Gasteiger partial charge on any atom is 0.272 e. The number of Topliss-reactive ketones (excluding diaryl/α,β-unsaturated/α-hetero) is 4. The fraction of sp³-hybridized carbons (Fsp3) is 0.714. The summed E-state index contributed by atoms with van der Waals surface area (Å²) in [7, 11) is 0. The summed E-state index contributed by atoms with van der Waals surface area (Å²) in [5.74, 6) is -0.304. The van der Waals surface area contributed by atoms with Crippen LogP contribution in [-0.4, -0.2) is 29.7 Å². The Bertz CT molecular complexity index is 592. The van der Waals surface area contributed by atoms with Crippen LogP contribution >= 0.6 is 0 Å². The first-order valence-corrected chi connectivity index (χ1v) is 9.26. The first-order valence-electron chi connectivity index (χ1n) is 9.26. The minimum atomic E-state index is -0.690. The van der Waals surface area contributed by atoms with Gasteiger partial charge in [0.1, 0.15) is 11.6 Å². The van der Waals surface area contributed by atoms with Gasteiger partial charge in [-0.3, -0.25) is 19.2 Å². The number of nitrogens with zero attached hydrogens (tertiary/aromatic N) is 2. The maximum atomic E-state index is 12.0. The fourth-order valence-electron chi connectivity index (χ4n) is 2.51. The molecule has 0 N–H and O–H groups in total. The number of hydrogen-bond acceptors (Lipinski definition) is 5. The van der Waals surface area contributed by atoms with Gasteiger partial charge in [-0.1, -0.05) is 27.7 Å². The highest BCUT2D eigenvalue weighted by atomic mass is 16.1. The van der Waals surface area contributed by atoms with Gasteiger partial charge in [0, 0.05) is 36.5 Å². The molecule has 27 heavy (non-hydrogen) atoms. The molecular weight excluding hydrogens is 344 g/mol. The average Bonchev–Trinajstić information content (AvgIpc) is 2.59. The predicted molar refractivity (Wildman–Crippen MR) is 102 cm³/mol. The Balaban J connectivity index is 4.16. The molecule has 0 aromatic carbocycles. The summed E-state index contributed by atoms with van der Waals surface area (Å²) < 4.78 is 0. The zero-order valence-corrected chi connectivity index (χ0v) is 16.9. The maximum absolute atomic E-state index is 12.0. The van der Waals surface area contributed by atoms with Crippen molar-refractivity contribution in [2.75, 3.05) is 6.54 Å². The molecule has 0 spiro atoms. The number of hydrogen-bond donors (Lipinski definition) is 0. The van der Waals surface area contributed by atoms with Gasteiger partial charge >= 0.3 is 0 Å². The lowest BCUT2D eigenvalue weighted by Crippen LogP contribution is -2.27. The van der Waals surface area contributed by atoms with Crippen LogP contribution in [0.2, 0.25) is 0 Å². The van der Waals surface area contributed by atoms with Gasteiger partial charge < -0.3 is 4.85 Å². The van der Waals surface area contributed by atoms with E-state index < -0.39 is 10.8 Å². The molecule has 0 aliphatic rings. The standard InChI is InChI=1S/C21H30N2O4/c1-20(2,18(26)11-14-22)12-9-16(24)7-6-8-17(25)10-13-21(3,4)19(27)15-23-5/h6-13,15H2,1-4H3.